The Bertz CT molecular complexity index is 1290. The number of nitrogens with zero attached hydrogens (tertiary/aromatic N) is 4. The van der Waals surface area contributed by atoms with Crippen LogP contribution in [0.5, 0.6) is 0 Å². The Morgan fingerprint density at radius 1 is 1.07 bits per heavy atom. The molecule has 28 heavy (non-hydrogen) atoms. The number of fused-ring (bicyclic) bond motifs is 2. The van der Waals surface area contributed by atoms with Crippen LogP contribution in [0.1, 0.15) is 12.1 Å². The largest absolute Gasteiger partial charge is 0.459 e. The molecule has 0 aliphatic carbocycles. The van der Waals surface area contributed by atoms with Crippen LogP contribution in [0.15, 0.2) is 70.6 Å². The molecule has 0 amide bonds. The second-order valence-electron chi connectivity index (χ2n) is 6.19. The van der Waals surface area contributed by atoms with E-state index in [-0.39, 0.29) is 30.7 Å². The summed E-state index contributed by atoms with van der Waals surface area (Å²) < 4.78 is 7.98. The molecular formula is C20H16N4O4. The number of aryl methyl sites for hydroxylation is 1. The fourth-order valence-electron chi connectivity index (χ4n) is 2.88. The molecule has 8 heteroatoms. The molecule has 0 spiro atoms. The minimum atomic E-state index is -0.491. The van der Waals surface area contributed by atoms with Gasteiger partial charge in [-0.1, -0.05) is 18.2 Å². The molecule has 3 aromatic heterocycles. The van der Waals surface area contributed by atoms with E-state index in [2.05, 4.69) is 9.97 Å². The molecule has 0 N–H and O–H groups in total. The first kappa shape index (κ1) is 17.6. The van der Waals surface area contributed by atoms with Crippen LogP contribution in [0, 0.1) is 0 Å². The molecule has 0 fully saturated rings. The summed E-state index contributed by atoms with van der Waals surface area (Å²) in [5.41, 5.74) is 1.01. The lowest BCUT2D eigenvalue weighted by Gasteiger charge is -2.08. The van der Waals surface area contributed by atoms with Crippen LogP contribution in [0.25, 0.3) is 16.6 Å². The normalized spacial score (nSPS) is 11.0. The van der Waals surface area contributed by atoms with Crippen LogP contribution in [0.2, 0.25) is 0 Å². The monoisotopic (exact) mass is 376 g/mol. The highest BCUT2D eigenvalue weighted by Gasteiger charge is 2.09. The van der Waals surface area contributed by atoms with Gasteiger partial charge in [0.25, 0.3) is 11.1 Å². The average molecular weight is 376 g/mol. The van der Waals surface area contributed by atoms with Crippen molar-refractivity contribution in [3.8, 4) is 0 Å². The molecule has 4 aromatic rings. The van der Waals surface area contributed by atoms with E-state index in [1.54, 1.807) is 42.6 Å². The van der Waals surface area contributed by atoms with Gasteiger partial charge in [0.1, 0.15) is 12.3 Å². The van der Waals surface area contributed by atoms with Gasteiger partial charge in [-0.2, -0.15) is 0 Å². The van der Waals surface area contributed by atoms with E-state index in [0.717, 1.165) is 0 Å². The van der Waals surface area contributed by atoms with E-state index >= 15 is 0 Å². The Labute approximate surface area is 158 Å². The van der Waals surface area contributed by atoms with E-state index in [9.17, 15) is 14.4 Å². The Balaban J connectivity index is 1.41. The fourth-order valence-corrected chi connectivity index (χ4v) is 2.88. The predicted molar refractivity (Wildman–Crippen MR) is 102 cm³/mol. The Hall–Kier alpha value is -3.81. The van der Waals surface area contributed by atoms with E-state index in [1.165, 1.54) is 21.4 Å². The molecule has 4 rings (SSSR count). The van der Waals surface area contributed by atoms with E-state index in [0.29, 0.717) is 22.2 Å². The SMILES string of the molecule is O=C(CCn1cnc2ccccc2c1=O)OCc1cc(=O)n2ccccc2n1. The lowest BCUT2D eigenvalue weighted by atomic mass is 10.2. The number of pyridine rings is 1. The number of aromatic nitrogens is 4. The summed E-state index contributed by atoms with van der Waals surface area (Å²) >= 11 is 0. The first-order valence-electron chi connectivity index (χ1n) is 8.69. The van der Waals surface area contributed by atoms with Crippen molar-refractivity contribution in [1.82, 2.24) is 18.9 Å². The third-order valence-corrected chi connectivity index (χ3v) is 4.29. The molecule has 0 aliphatic rings. The predicted octanol–water partition coefficient (Wildman–Crippen LogP) is 1.54. The fraction of sp³-hybridized carbons (Fsp3) is 0.150. The molecular weight excluding hydrogens is 360 g/mol. The van der Waals surface area contributed by atoms with Gasteiger partial charge in [0.05, 0.1) is 29.3 Å². The molecule has 0 aliphatic heterocycles. The number of carbonyl (C=O) groups is 1. The molecule has 3 heterocycles. The van der Waals surface area contributed by atoms with Gasteiger partial charge in [-0.15, -0.1) is 0 Å². The summed E-state index contributed by atoms with van der Waals surface area (Å²) in [7, 11) is 0. The molecule has 8 nitrogen and oxygen atoms in total. The molecule has 140 valence electrons. The zero-order valence-corrected chi connectivity index (χ0v) is 14.8. The van der Waals surface area contributed by atoms with Gasteiger partial charge in [-0.25, -0.2) is 9.97 Å². The lowest BCUT2D eigenvalue weighted by Crippen LogP contribution is -2.22. The molecule has 0 unspecified atom stereocenters. The van der Waals surface area contributed by atoms with Gasteiger partial charge in [0.2, 0.25) is 0 Å². The zero-order chi connectivity index (χ0) is 19.5. The molecule has 0 saturated carbocycles. The quantitative estimate of drug-likeness (QED) is 0.490. The van der Waals surface area contributed by atoms with Gasteiger partial charge in [-0.3, -0.25) is 23.4 Å². The smallest absolute Gasteiger partial charge is 0.307 e. The van der Waals surface area contributed by atoms with Crippen molar-refractivity contribution in [1.29, 1.82) is 0 Å². The van der Waals surface area contributed by atoms with Crippen LogP contribution in [0.3, 0.4) is 0 Å². The number of rotatable bonds is 5. The Kier molecular flexibility index (Phi) is 4.67. The maximum absolute atomic E-state index is 12.4. The highest BCUT2D eigenvalue weighted by molar-refractivity contribution is 5.77. The average Bonchev–Trinajstić information content (AvgIpc) is 2.72. The molecule has 0 radical (unpaired) electrons. The topological polar surface area (TPSA) is 95.6 Å². The first-order valence-corrected chi connectivity index (χ1v) is 8.69. The van der Waals surface area contributed by atoms with Crippen molar-refractivity contribution in [3.63, 3.8) is 0 Å². The number of benzene rings is 1. The van der Waals surface area contributed by atoms with Crippen LogP contribution >= 0.6 is 0 Å². The highest BCUT2D eigenvalue weighted by Crippen LogP contribution is 2.05. The van der Waals surface area contributed by atoms with Crippen LogP contribution in [0.4, 0.5) is 0 Å². The van der Waals surface area contributed by atoms with Crippen molar-refractivity contribution in [2.45, 2.75) is 19.6 Å². The van der Waals surface area contributed by atoms with E-state index in [4.69, 9.17) is 4.74 Å². The highest BCUT2D eigenvalue weighted by atomic mass is 16.5. The summed E-state index contributed by atoms with van der Waals surface area (Å²) in [5, 5.41) is 0.499. The minimum Gasteiger partial charge on any atom is -0.459 e. The third-order valence-electron chi connectivity index (χ3n) is 4.29. The van der Waals surface area contributed by atoms with Crippen molar-refractivity contribution in [2.75, 3.05) is 0 Å². The number of ether oxygens (including phenoxy) is 1. The van der Waals surface area contributed by atoms with Crippen LogP contribution in [-0.4, -0.2) is 24.9 Å². The second kappa shape index (κ2) is 7.43. The van der Waals surface area contributed by atoms with Crippen molar-refractivity contribution < 1.29 is 9.53 Å². The summed E-state index contributed by atoms with van der Waals surface area (Å²) in [6, 6.07) is 13.6. The van der Waals surface area contributed by atoms with Gasteiger partial charge in [0, 0.05) is 18.8 Å². The summed E-state index contributed by atoms with van der Waals surface area (Å²) in [6.45, 7) is 0.0492. The van der Waals surface area contributed by atoms with Gasteiger partial charge >= 0.3 is 5.97 Å². The maximum Gasteiger partial charge on any atom is 0.307 e. The number of hydrogen-bond donors (Lipinski definition) is 0. The lowest BCUT2D eigenvalue weighted by molar-refractivity contribution is -0.145. The molecule has 0 bridgehead atoms. The van der Waals surface area contributed by atoms with E-state index < -0.39 is 5.97 Å². The maximum atomic E-state index is 12.4. The molecule has 1 aromatic carbocycles. The number of hydrogen-bond acceptors (Lipinski definition) is 6. The second-order valence-corrected chi connectivity index (χ2v) is 6.19. The van der Waals surface area contributed by atoms with Crippen molar-refractivity contribution >= 4 is 22.5 Å². The van der Waals surface area contributed by atoms with Crippen molar-refractivity contribution in [3.05, 3.63) is 87.5 Å². The number of carbonyl (C=O) groups excluding carboxylic acids is 1. The van der Waals surface area contributed by atoms with Gasteiger partial charge in [-0.05, 0) is 24.3 Å². The van der Waals surface area contributed by atoms with Crippen molar-refractivity contribution in [2.24, 2.45) is 0 Å². The summed E-state index contributed by atoms with van der Waals surface area (Å²) in [4.78, 5) is 45.0. The zero-order valence-electron chi connectivity index (χ0n) is 14.8. The van der Waals surface area contributed by atoms with Gasteiger partial charge < -0.3 is 4.74 Å². The molecule has 0 saturated heterocycles. The number of para-hydroxylation sites is 1. The summed E-state index contributed by atoms with van der Waals surface area (Å²) in [6.07, 6.45) is 3.05. The van der Waals surface area contributed by atoms with Crippen LogP contribution < -0.4 is 11.1 Å². The van der Waals surface area contributed by atoms with Crippen LogP contribution in [-0.2, 0) is 22.7 Å². The Morgan fingerprint density at radius 3 is 2.79 bits per heavy atom. The summed E-state index contributed by atoms with van der Waals surface area (Å²) in [5.74, 6) is -0.491. The minimum absolute atomic E-state index is 0.00644. The third kappa shape index (κ3) is 3.52. The standard InChI is InChI=1S/C20H16N4O4/c25-18-11-14(22-17-7-3-4-9-24(17)18)12-28-19(26)8-10-23-13-21-16-6-2-1-5-15(16)20(23)27/h1-7,9,11,13H,8,10,12H2. The van der Waals surface area contributed by atoms with Gasteiger partial charge in [0.15, 0.2) is 0 Å². The molecule has 0 atom stereocenters. The van der Waals surface area contributed by atoms with E-state index in [1.807, 2.05) is 6.07 Å². The Morgan fingerprint density at radius 2 is 1.89 bits per heavy atom. The number of esters is 1. The first-order chi connectivity index (χ1) is 13.6.